The van der Waals surface area contributed by atoms with Crippen LogP contribution in [0, 0.1) is 32.1 Å². The Balaban J connectivity index is 2.84. The van der Waals surface area contributed by atoms with Crippen molar-refractivity contribution in [3.63, 3.8) is 0 Å². The van der Waals surface area contributed by atoms with Gasteiger partial charge in [-0.2, -0.15) is 5.26 Å². The van der Waals surface area contributed by atoms with E-state index in [1.54, 1.807) is 11.8 Å². The molecule has 0 aliphatic rings. The summed E-state index contributed by atoms with van der Waals surface area (Å²) in [7, 11) is 0. The predicted molar refractivity (Wildman–Crippen MR) is 61.8 cm³/mol. The van der Waals surface area contributed by atoms with Gasteiger partial charge in [0.05, 0.1) is 6.07 Å². The van der Waals surface area contributed by atoms with Crippen LogP contribution in [0.2, 0.25) is 0 Å². The van der Waals surface area contributed by atoms with Crippen molar-refractivity contribution in [3.05, 3.63) is 17.0 Å². The Labute approximate surface area is 94.9 Å². The third kappa shape index (κ3) is 3.21. The van der Waals surface area contributed by atoms with Crippen molar-refractivity contribution in [3.8, 4) is 6.07 Å². The molecule has 0 aliphatic carbocycles. The molecule has 0 bridgehead atoms. The standard InChI is InChI=1S/C11H15N3S/c1-7(5-6-12)15-11-13-9(3)8(2)10(4)14-11/h7H,5H2,1-4H3. The van der Waals surface area contributed by atoms with Crippen LogP contribution in [-0.4, -0.2) is 15.2 Å². The van der Waals surface area contributed by atoms with E-state index in [4.69, 9.17) is 5.26 Å². The minimum atomic E-state index is 0.247. The fourth-order valence-corrected chi connectivity index (χ4v) is 2.04. The SMILES string of the molecule is Cc1nc(SC(C)CC#N)nc(C)c1C. The predicted octanol–water partition coefficient (Wildman–Crippen LogP) is 2.80. The number of thioether (sulfide) groups is 1. The van der Waals surface area contributed by atoms with E-state index < -0.39 is 0 Å². The van der Waals surface area contributed by atoms with Gasteiger partial charge in [-0.25, -0.2) is 9.97 Å². The first kappa shape index (κ1) is 12.0. The highest BCUT2D eigenvalue weighted by Crippen LogP contribution is 2.23. The maximum Gasteiger partial charge on any atom is 0.188 e. The Hall–Kier alpha value is -1.08. The molecule has 4 heteroatoms. The summed E-state index contributed by atoms with van der Waals surface area (Å²) in [5, 5.41) is 9.59. The smallest absolute Gasteiger partial charge is 0.188 e. The van der Waals surface area contributed by atoms with Gasteiger partial charge in [-0.15, -0.1) is 0 Å². The van der Waals surface area contributed by atoms with Crippen LogP contribution in [0.1, 0.15) is 30.3 Å². The number of nitriles is 1. The number of rotatable bonds is 3. The van der Waals surface area contributed by atoms with E-state index >= 15 is 0 Å². The molecule has 0 spiro atoms. The molecule has 1 aromatic heterocycles. The zero-order chi connectivity index (χ0) is 11.4. The van der Waals surface area contributed by atoms with Crippen molar-refractivity contribution in [1.29, 1.82) is 5.26 Å². The van der Waals surface area contributed by atoms with E-state index in [9.17, 15) is 0 Å². The highest BCUT2D eigenvalue weighted by Gasteiger charge is 2.09. The maximum atomic E-state index is 8.56. The second-order valence-corrected chi connectivity index (χ2v) is 5.00. The minimum Gasteiger partial charge on any atom is -0.228 e. The number of aromatic nitrogens is 2. The first-order valence-electron chi connectivity index (χ1n) is 4.90. The van der Waals surface area contributed by atoms with Gasteiger partial charge in [-0.3, -0.25) is 0 Å². The molecule has 3 nitrogen and oxygen atoms in total. The van der Waals surface area contributed by atoms with E-state index in [0.717, 1.165) is 22.1 Å². The summed E-state index contributed by atoms with van der Waals surface area (Å²) in [5.41, 5.74) is 3.19. The first-order valence-corrected chi connectivity index (χ1v) is 5.78. The molecule has 0 saturated carbocycles. The molecule has 1 atom stereocenters. The molecule has 15 heavy (non-hydrogen) atoms. The van der Waals surface area contributed by atoms with Gasteiger partial charge >= 0.3 is 0 Å². The number of hydrogen-bond donors (Lipinski definition) is 0. The van der Waals surface area contributed by atoms with Gasteiger partial charge in [0.2, 0.25) is 0 Å². The molecule has 0 radical (unpaired) electrons. The summed E-state index contributed by atoms with van der Waals surface area (Å²) >= 11 is 1.56. The van der Waals surface area contributed by atoms with E-state index in [2.05, 4.69) is 16.0 Å². The molecule has 0 amide bonds. The van der Waals surface area contributed by atoms with Gasteiger partial charge < -0.3 is 0 Å². The molecule has 1 aromatic rings. The highest BCUT2D eigenvalue weighted by atomic mass is 32.2. The summed E-state index contributed by atoms with van der Waals surface area (Å²) in [5.74, 6) is 0. The average molecular weight is 221 g/mol. The van der Waals surface area contributed by atoms with E-state index in [1.807, 2.05) is 27.7 Å². The monoisotopic (exact) mass is 221 g/mol. The fourth-order valence-electron chi connectivity index (χ4n) is 1.14. The first-order chi connectivity index (χ1) is 7.04. The largest absolute Gasteiger partial charge is 0.228 e. The summed E-state index contributed by atoms with van der Waals surface area (Å²) in [6, 6.07) is 2.15. The Kier molecular flexibility index (Phi) is 4.10. The molecule has 1 unspecified atom stereocenters. The van der Waals surface area contributed by atoms with Gasteiger partial charge in [-0.1, -0.05) is 18.7 Å². The maximum absolute atomic E-state index is 8.56. The number of aryl methyl sites for hydroxylation is 2. The lowest BCUT2D eigenvalue weighted by Gasteiger charge is -2.09. The van der Waals surface area contributed by atoms with Gasteiger partial charge in [0.25, 0.3) is 0 Å². The lowest BCUT2D eigenvalue weighted by atomic mass is 10.2. The number of hydrogen-bond acceptors (Lipinski definition) is 4. The second-order valence-electron chi connectivity index (χ2n) is 3.59. The Morgan fingerprint density at radius 1 is 1.27 bits per heavy atom. The van der Waals surface area contributed by atoms with Crippen molar-refractivity contribution in [1.82, 2.24) is 9.97 Å². The van der Waals surface area contributed by atoms with Crippen molar-refractivity contribution < 1.29 is 0 Å². The van der Waals surface area contributed by atoms with Gasteiger partial charge in [0.15, 0.2) is 5.16 Å². The molecule has 0 N–H and O–H groups in total. The molecular weight excluding hydrogens is 206 g/mol. The molecule has 1 rings (SSSR count). The molecule has 0 saturated heterocycles. The summed E-state index contributed by atoms with van der Waals surface area (Å²) in [4.78, 5) is 8.80. The van der Waals surface area contributed by atoms with Crippen molar-refractivity contribution >= 4 is 11.8 Å². The van der Waals surface area contributed by atoms with Gasteiger partial charge in [0, 0.05) is 23.1 Å². The molecule has 1 heterocycles. The second kappa shape index (κ2) is 5.13. The zero-order valence-corrected chi connectivity index (χ0v) is 10.4. The summed E-state index contributed by atoms with van der Waals surface area (Å²) in [6.07, 6.45) is 0.528. The summed E-state index contributed by atoms with van der Waals surface area (Å²) in [6.45, 7) is 8.02. The van der Waals surface area contributed by atoms with E-state index in [1.165, 1.54) is 0 Å². The van der Waals surface area contributed by atoms with Crippen molar-refractivity contribution in [2.75, 3.05) is 0 Å². The van der Waals surface area contributed by atoms with Crippen LogP contribution in [0.5, 0.6) is 0 Å². The van der Waals surface area contributed by atoms with Crippen LogP contribution in [0.25, 0.3) is 0 Å². The quantitative estimate of drug-likeness (QED) is 0.581. The van der Waals surface area contributed by atoms with Gasteiger partial charge in [-0.05, 0) is 26.3 Å². The highest BCUT2D eigenvalue weighted by molar-refractivity contribution is 7.99. The van der Waals surface area contributed by atoms with Crippen molar-refractivity contribution in [2.45, 2.75) is 44.5 Å². The Morgan fingerprint density at radius 3 is 2.27 bits per heavy atom. The molecule has 0 aromatic carbocycles. The van der Waals surface area contributed by atoms with Crippen LogP contribution in [0.4, 0.5) is 0 Å². The Morgan fingerprint density at radius 2 is 1.80 bits per heavy atom. The van der Waals surface area contributed by atoms with Crippen LogP contribution < -0.4 is 0 Å². The van der Waals surface area contributed by atoms with Crippen LogP contribution in [0.3, 0.4) is 0 Å². The molecular formula is C11H15N3S. The third-order valence-corrected chi connectivity index (χ3v) is 3.26. The molecule has 80 valence electrons. The van der Waals surface area contributed by atoms with Gasteiger partial charge in [0.1, 0.15) is 0 Å². The van der Waals surface area contributed by atoms with Crippen LogP contribution >= 0.6 is 11.8 Å². The summed E-state index contributed by atoms with van der Waals surface area (Å²) < 4.78 is 0. The molecule has 0 fully saturated rings. The van der Waals surface area contributed by atoms with E-state index in [0.29, 0.717) is 6.42 Å². The topological polar surface area (TPSA) is 49.6 Å². The van der Waals surface area contributed by atoms with Crippen LogP contribution in [-0.2, 0) is 0 Å². The Bertz CT molecular complexity index is 372. The van der Waals surface area contributed by atoms with E-state index in [-0.39, 0.29) is 5.25 Å². The minimum absolute atomic E-state index is 0.247. The fraction of sp³-hybridized carbons (Fsp3) is 0.545. The number of nitrogens with zero attached hydrogens (tertiary/aromatic N) is 3. The zero-order valence-electron chi connectivity index (χ0n) is 9.53. The average Bonchev–Trinajstić information content (AvgIpc) is 2.14. The molecule has 0 aliphatic heterocycles. The van der Waals surface area contributed by atoms with Crippen molar-refractivity contribution in [2.24, 2.45) is 0 Å². The lowest BCUT2D eigenvalue weighted by molar-refractivity contribution is 0.869. The normalized spacial score (nSPS) is 12.2. The van der Waals surface area contributed by atoms with Crippen LogP contribution in [0.15, 0.2) is 5.16 Å². The lowest BCUT2D eigenvalue weighted by Crippen LogP contribution is -2.01. The third-order valence-electron chi connectivity index (χ3n) is 2.30.